The van der Waals surface area contributed by atoms with Gasteiger partial charge in [0.05, 0.1) is 25.6 Å². The second kappa shape index (κ2) is 12.4. The van der Waals surface area contributed by atoms with Crippen LogP contribution in [0.4, 0.5) is 11.4 Å². The minimum atomic E-state index is -0.258. The number of hydrogen-bond donors (Lipinski definition) is 2. The Morgan fingerprint density at radius 3 is 2.31 bits per heavy atom. The lowest BCUT2D eigenvalue weighted by atomic mass is 10.1. The van der Waals surface area contributed by atoms with Gasteiger partial charge in [0.15, 0.2) is 0 Å². The predicted octanol–water partition coefficient (Wildman–Crippen LogP) is 5.57. The standard InChI is InChI=1S/C29H29N3O4/c1-35-27-12-6-5-11-26(27)31-29(34)23-13-15-24(16-14-23)30-28(33)17-18-32(21-25-10-7-19-36-25)20-22-8-3-2-4-9-22/h2-16,19H,17-18,20-21H2,1H3,(H,30,33)(H,31,34). The lowest BCUT2D eigenvalue weighted by Crippen LogP contribution is -2.27. The number of carbonyl (C=O) groups is 2. The van der Waals surface area contributed by atoms with Crippen molar-refractivity contribution in [3.05, 3.63) is 114 Å². The van der Waals surface area contributed by atoms with Gasteiger partial charge in [-0.1, -0.05) is 42.5 Å². The Morgan fingerprint density at radius 1 is 0.833 bits per heavy atom. The van der Waals surface area contributed by atoms with E-state index in [4.69, 9.17) is 9.15 Å². The first-order chi connectivity index (χ1) is 17.6. The van der Waals surface area contributed by atoms with E-state index in [0.717, 1.165) is 5.76 Å². The number of ether oxygens (including phenoxy) is 1. The van der Waals surface area contributed by atoms with E-state index in [1.807, 2.05) is 42.5 Å². The fraction of sp³-hybridized carbons (Fsp3) is 0.172. The van der Waals surface area contributed by atoms with Crippen LogP contribution < -0.4 is 15.4 Å². The Kier molecular flexibility index (Phi) is 8.51. The normalized spacial score (nSPS) is 10.7. The molecule has 4 rings (SSSR count). The third-order valence-corrected chi connectivity index (χ3v) is 5.65. The zero-order chi connectivity index (χ0) is 25.2. The van der Waals surface area contributed by atoms with Crippen molar-refractivity contribution in [2.45, 2.75) is 19.5 Å². The fourth-order valence-corrected chi connectivity index (χ4v) is 3.81. The van der Waals surface area contributed by atoms with Crippen molar-refractivity contribution in [3.8, 4) is 5.75 Å². The number of anilines is 2. The molecule has 2 amide bonds. The third-order valence-electron chi connectivity index (χ3n) is 5.65. The maximum Gasteiger partial charge on any atom is 0.255 e. The number of rotatable bonds is 11. The lowest BCUT2D eigenvalue weighted by molar-refractivity contribution is -0.116. The van der Waals surface area contributed by atoms with Crippen LogP contribution in [0.3, 0.4) is 0 Å². The zero-order valence-electron chi connectivity index (χ0n) is 20.1. The molecule has 0 aliphatic heterocycles. The molecule has 1 heterocycles. The van der Waals surface area contributed by atoms with E-state index in [2.05, 4.69) is 27.7 Å². The van der Waals surface area contributed by atoms with Crippen LogP contribution in [-0.4, -0.2) is 30.4 Å². The minimum absolute atomic E-state index is 0.0984. The summed E-state index contributed by atoms with van der Waals surface area (Å²) in [5, 5.41) is 5.76. The van der Waals surface area contributed by atoms with Gasteiger partial charge in [-0.25, -0.2) is 0 Å². The number of methoxy groups -OCH3 is 1. The number of nitrogens with one attached hydrogen (secondary N) is 2. The molecule has 3 aromatic carbocycles. The summed E-state index contributed by atoms with van der Waals surface area (Å²) in [4.78, 5) is 27.4. The second-order valence-corrected chi connectivity index (χ2v) is 8.31. The van der Waals surface area contributed by atoms with Crippen LogP contribution in [0.5, 0.6) is 5.75 Å². The van der Waals surface area contributed by atoms with Gasteiger partial charge in [0.2, 0.25) is 5.91 Å². The Hall–Kier alpha value is -4.36. The maximum absolute atomic E-state index is 12.6. The van der Waals surface area contributed by atoms with Gasteiger partial charge in [-0.05, 0) is 54.1 Å². The van der Waals surface area contributed by atoms with Gasteiger partial charge >= 0.3 is 0 Å². The fourth-order valence-electron chi connectivity index (χ4n) is 3.81. The van der Waals surface area contributed by atoms with Crippen LogP contribution in [0.15, 0.2) is 102 Å². The maximum atomic E-state index is 12.6. The first-order valence-electron chi connectivity index (χ1n) is 11.7. The van der Waals surface area contributed by atoms with Crippen LogP contribution >= 0.6 is 0 Å². The first-order valence-corrected chi connectivity index (χ1v) is 11.7. The smallest absolute Gasteiger partial charge is 0.255 e. The summed E-state index contributed by atoms with van der Waals surface area (Å²) < 4.78 is 10.8. The van der Waals surface area contributed by atoms with Crippen molar-refractivity contribution in [2.24, 2.45) is 0 Å². The monoisotopic (exact) mass is 483 g/mol. The zero-order valence-corrected chi connectivity index (χ0v) is 20.1. The number of carbonyl (C=O) groups excluding carboxylic acids is 2. The summed E-state index contributed by atoms with van der Waals surface area (Å²) in [6.07, 6.45) is 1.98. The van der Waals surface area contributed by atoms with Crippen LogP contribution in [-0.2, 0) is 17.9 Å². The van der Waals surface area contributed by atoms with E-state index in [9.17, 15) is 9.59 Å². The molecule has 0 atom stereocenters. The van der Waals surface area contributed by atoms with Crippen LogP contribution in [0, 0.1) is 0 Å². The molecule has 0 fully saturated rings. The molecule has 36 heavy (non-hydrogen) atoms. The molecule has 0 bridgehead atoms. The number of hydrogen-bond acceptors (Lipinski definition) is 5. The Labute approximate surface area is 210 Å². The summed E-state index contributed by atoms with van der Waals surface area (Å²) >= 11 is 0. The Morgan fingerprint density at radius 2 is 1.58 bits per heavy atom. The molecule has 7 nitrogen and oxygen atoms in total. The second-order valence-electron chi connectivity index (χ2n) is 8.31. The highest BCUT2D eigenvalue weighted by Crippen LogP contribution is 2.24. The molecular formula is C29H29N3O4. The minimum Gasteiger partial charge on any atom is -0.495 e. The topological polar surface area (TPSA) is 83.8 Å². The van der Waals surface area contributed by atoms with E-state index in [1.54, 1.807) is 49.8 Å². The summed E-state index contributed by atoms with van der Waals surface area (Å²) in [6.45, 7) is 1.90. The van der Waals surface area contributed by atoms with E-state index in [1.165, 1.54) is 5.56 Å². The average molecular weight is 484 g/mol. The number of nitrogens with zero attached hydrogens (tertiary/aromatic N) is 1. The van der Waals surface area contributed by atoms with E-state index in [-0.39, 0.29) is 11.8 Å². The SMILES string of the molecule is COc1ccccc1NC(=O)c1ccc(NC(=O)CCN(Cc2ccccc2)Cc2ccco2)cc1. The number of furan rings is 1. The molecule has 0 unspecified atom stereocenters. The molecule has 0 aliphatic rings. The molecule has 0 saturated carbocycles. The van der Waals surface area contributed by atoms with Gasteiger partial charge in [-0.3, -0.25) is 14.5 Å². The van der Waals surface area contributed by atoms with Gasteiger partial charge < -0.3 is 19.8 Å². The van der Waals surface area contributed by atoms with Gasteiger partial charge in [-0.2, -0.15) is 0 Å². The highest BCUT2D eigenvalue weighted by atomic mass is 16.5. The highest BCUT2D eigenvalue weighted by molar-refractivity contribution is 6.05. The van der Waals surface area contributed by atoms with Crippen molar-refractivity contribution in [2.75, 3.05) is 24.3 Å². The van der Waals surface area contributed by atoms with Crippen molar-refractivity contribution >= 4 is 23.2 Å². The summed E-state index contributed by atoms with van der Waals surface area (Å²) in [5.74, 6) is 1.09. The Bertz CT molecular complexity index is 1260. The molecule has 0 aliphatic carbocycles. The first kappa shape index (κ1) is 24.8. The van der Waals surface area contributed by atoms with Crippen LogP contribution in [0.1, 0.15) is 28.1 Å². The van der Waals surface area contributed by atoms with Crippen molar-refractivity contribution in [1.82, 2.24) is 4.90 Å². The molecular weight excluding hydrogens is 454 g/mol. The largest absolute Gasteiger partial charge is 0.495 e. The summed E-state index contributed by atoms with van der Waals surface area (Å²) in [7, 11) is 1.56. The number of para-hydroxylation sites is 2. The molecule has 2 N–H and O–H groups in total. The molecule has 0 radical (unpaired) electrons. The van der Waals surface area contributed by atoms with E-state index >= 15 is 0 Å². The van der Waals surface area contributed by atoms with Crippen molar-refractivity contribution in [3.63, 3.8) is 0 Å². The molecule has 184 valence electrons. The van der Waals surface area contributed by atoms with Crippen molar-refractivity contribution in [1.29, 1.82) is 0 Å². The molecule has 0 saturated heterocycles. The lowest BCUT2D eigenvalue weighted by Gasteiger charge is -2.21. The third kappa shape index (κ3) is 7.07. The molecule has 4 aromatic rings. The van der Waals surface area contributed by atoms with E-state index in [0.29, 0.717) is 48.7 Å². The van der Waals surface area contributed by atoms with Crippen LogP contribution in [0.2, 0.25) is 0 Å². The predicted molar refractivity (Wildman–Crippen MR) is 140 cm³/mol. The highest BCUT2D eigenvalue weighted by Gasteiger charge is 2.13. The Balaban J connectivity index is 1.31. The van der Waals surface area contributed by atoms with Crippen LogP contribution in [0.25, 0.3) is 0 Å². The molecule has 1 aromatic heterocycles. The molecule has 7 heteroatoms. The van der Waals surface area contributed by atoms with Gasteiger partial charge in [-0.15, -0.1) is 0 Å². The number of benzene rings is 3. The molecule has 0 spiro atoms. The van der Waals surface area contributed by atoms with Gasteiger partial charge in [0.25, 0.3) is 5.91 Å². The van der Waals surface area contributed by atoms with Crippen molar-refractivity contribution < 1.29 is 18.7 Å². The van der Waals surface area contributed by atoms with E-state index < -0.39 is 0 Å². The summed E-state index contributed by atoms with van der Waals surface area (Å²) in [6, 6.07) is 28.0. The number of amides is 2. The average Bonchev–Trinajstić information content (AvgIpc) is 3.42. The van der Waals surface area contributed by atoms with Gasteiger partial charge in [0, 0.05) is 30.8 Å². The summed E-state index contributed by atoms with van der Waals surface area (Å²) in [5.41, 5.74) is 2.88. The van der Waals surface area contributed by atoms with Gasteiger partial charge in [0.1, 0.15) is 11.5 Å². The quantitative estimate of drug-likeness (QED) is 0.291.